The fourth-order valence-electron chi connectivity index (χ4n) is 3.11. The van der Waals surface area contributed by atoms with Gasteiger partial charge in [-0.2, -0.15) is 0 Å². The number of hydrogen-bond acceptors (Lipinski definition) is 5. The van der Waals surface area contributed by atoms with Gasteiger partial charge in [0.05, 0.1) is 18.7 Å². The van der Waals surface area contributed by atoms with Crippen LogP contribution in [0.1, 0.15) is 5.56 Å². The van der Waals surface area contributed by atoms with Crippen LogP contribution in [0.5, 0.6) is 11.5 Å². The molecule has 4 aromatic rings. The van der Waals surface area contributed by atoms with Gasteiger partial charge in [0, 0.05) is 27.4 Å². The maximum atomic E-state index is 12.4. The number of ether oxygens (including phenoxy) is 2. The molecule has 32 heavy (non-hydrogen) atoms. The minimum absolute atomic E-state index is 0.269. The first kappa shape index (κ1) is 22.1. The van der Waals surface area contributed by atoms with Gasteiger partial charge in [0.15, 0.2) is 5.58 Å². The Morgan fingerprint density at radius 1 is 1.00 bits per heavy atom. The van der Waals surface area contributed by atoms with Gasteiger partial charge in [-0.15, -0.1) is 0 Å². The van der Waals surface area contributed by atoms with Crippen molar-refractivity contribution in [2.75, 3.05) is 19.5 Å². The van der Waals surface area contributed by atoms with E-state index in [1.54, 1.807) is 38.5 Å². The van der Waals surface area contributed by atoms with Crippen LogP contribution in [0, 0.1) is 0 Å². The maximum Gasteiger partial charge on any atom is 0.248 e. The third-order valence-electron chi connectivity index (χ3n) is 4.66. The molecular weight excluding hydrogens is 540 g/mol. The molecule has 0 saturated heterocycles. The predicted molar refractivity (Wildman–Crippen MR) is 132 cm³/mol. The average molecular weight is 558 g/mol. The number of benzene rings is 3. The number of anilines is 1. The summed E-state index contributed by atoms with van der Waals surface area (Å²) in [6.45, 7) is 0. The summed E-state index contributed by atoms with van der Waals surface area (Å²) in [4.78, 5) is 17.0. The Hall–Kier alpha value is -3.10. The van der Waals surface area contributed by atoms with Gasteiger partial charge in [-0.1, -0.05) is 15.9 Å². The zero-order valence-corrected chi connectivity index (χ0v) is 20.4. The fourth-order valence-corrected chi connectivity index (χ4v) is 4.03. The fraction of sp³-hybridized carbons (Fsp3) is 0.0833. The summed E-state index contributed by atoms with van der Waals surface area (Å²) in [6, 6.07) is 16.5. The minimum atomic E-state index is -0.269. The highest BCUT2D eigenvalue weighted by Gasteiger charge is 2.12. The predicted octanol–water partition coefficient (Wildman–Crippen LogP) is 6.69. The van der Waals surface area contributed by atoms with Crippen LogP contribution in [0.25, 0.3) is 28.6 Å². The van der Waals surface area contributed by atoms with Crippen molar-refractivity contribution in [2.45, 2.75) is 0 Å². The van der Waals surface area contributed by atoms with Gasteiger partial charge < -0.3 is 19.2 Å². The van der Waals surface area contributed by atoms with Gasteiger partial charge in [0.2, 0.25) is 11.8 Å². The van der Waals surface area contributed by atoms with Crippen LogP contribution in [-0.2, 0) is 4.79 Å². The molecule has 1 amide bonds. The highest BCUT2D eigenvalue weighted by Crippen LogP contribution is 2.32. The largest absolute Gasteiger partial charge is 0.496 e. The summed E-state index contributed by atoms with van der Waals surface area (Å²) >= 11 is 6.90. The average Bonchev–Trinajstić information content (AvgIpc) is 3.21. The summed E-state index contributed by atoms with van der Waals surface area (Å²) in [5.41, 5.74) is 3.48. The van der Waals surface area contributed by atoms with E-state index in [-0.39, 0.29) is 5.91 Å². The van der Waals surface area contributed by atoms with Gasteiger partial charge in [0.25, 0.3) is 0 Å². The van der Waals surface area contributed by atoms with Gasteiger partial charge in [-0.25, -0.2) is 4.98 Å². The number of fused-ring (bicyclic) bond motifs is 1. The SMILES string of the molecule is COc1ccc(-c2nc3cc(NC(=O)/C=C\c4cc(Br)ccc4OC)ccc3o2)cc1Br. The maximum absolute atomic E-state index is 12.4. The third-order valence-corrected chi connectivity index (χ3v) is 5.77. The van der Waals surface area contributed by atoms with E-state index >= 15 is 0 Å². The standard InChI is InChI=1S/C24H18Br2N2O4/c1-30-20-8-5-16(25)11-14(20)4-10-23(29)27-17-6-9-22-19(13-17)28-24(32-22)15-3-7-21(31-2)18(26)12-15/h3-13H,1-2H3,(H,27,29)/b10-4-. The molecule has 0 spiro atoms. The van der Waals surface area contributed by atoms with Crippen LogP contribution in [-0.4, -0.2) is 25.1 Å². The molecule has 1 heterocycles. The molecule has 0 aliphatic rings. The van der Waals surface area contributed by atoms with Crippen molar-refractivity contribution < 1.29 is 18.7 Å². The van der Waals surface area contributed by atoms with E-state index in [1.165, 1.54) is 6.08 Å². The van der Waals surface area contributed by atoms with Crippen LogP contribution in [0.2, 0.25) is 0 Å². The van der Waals surface area contributed by atoms with E-state index < -0.39 is 0 Å². The minimum Gasteiger partial charge on any atom is -0.496 e. The first-order chi connectivity index (χ1) is 15.5. The molecule has 162 valence electrons. The molecule has 0 aliphatic carbocycles. The monoisotopic (exact) mass is 556 g/mol. The lowest BCUT2D eigenvalue weighted by atomic mass is 10.2. The Morgan fingerprint density at radius 3 is 2.53 bits per heavy atom. The molecular formula is C24H18Br2N2O4. The van der Waals surface area contributed by atoms with Crippen molar-refractivity contribution in [1.82, 2.24) is 4.98 Å². The Bertz CT molecular complexity index is 1330. The van der Waals surface area contributed by atoms with Crippen LogP contribution in [0.3, 0.4) is 0 Å². The highest BCUT2D eigenvalue weighted by molar-refractivity contribution is 9.10. The molecule has 0 atom stereocenters. The Balaban J connectivity index is 1.52. The Labute approximate surface area is 201 Å². The molecule has 0 aliphatic heterocycles. The lowest BCUT2D eigenvalue weighted by molar-refractivity contribution is -0.111. The Morgan fingerprint density at radius 2 is 1.78 bits per heavy atom. The zero-order valence-electron chi connectivity index (χ0n) is 17.2. The number of nitrogens with zero attached hydrogens (tertiary/aromatic N) is 1. The summed E-state index contributed by atoms with van der Waals surface area (Å²) in [6.07, 6.45) is 3.16. The quantitative estimate of drug-likeness (QED) is 0.267. The number of carbonyl (C=O) groups excluding carboxylic acids is 1. The molecule has 6 nitrogen and oxygen atoms in total. The second-order valence-electron chi connectivity index (χ2n) is 6.76. The third kappa shape index (κ3) is 4.87. The number of carbonyl (C=O) groups is 1. The van der Waals surface area contributed by atoms with Gasteiger partial charge in [0.1, 0.15) is 17.0 Å². The summed E-state index contributed by atoms with van der Waals surface area (Å²) in [7, 11) is 3.20. The molecule has 1 aromatic heterocycles. The first-order valence-corrected chi connectivity index (χ1v) is 11.1. The molecule has 4 rings (SSSR count). The molecule has 0 radical (unpaired) electrons. The number of nitrogens with one attached hydrogen (secondary N) is 1. The number of methoxy groups -OCH3 is 2. The zero-order chi connectivity index (χ0) is 22.7. The molecule has 3 aromatic carbocycles. The second kappa shape index (κ2) is 9.58. The van der Waals surface area contributed by atoms with Crippen molar-refractivity contribution in [3.05, 3.63) is 75.2 Å². The first-order valence-electron chi connectivity index (χ1n) is 9.54. The molecule has 8 heteroatoms. The number of oxazole rings is 1. The molecule has 0 bridgehead atoms. The summed E-state index contributed by atoms with van der Waals surface area (Å²) in [5.74, 6) is 1.62. The topological polar surface area (TPSA) is 73.6 Å². The number of aromatic nitrogens is 1. The molecule has 1 N–H and O–H groups in total. The van der Waals surface area contributed by atoms with Gasteiger partial charge in [-0.3, -0.25) is 4.79 Å². The van der Waals surface area contributed by atoms with Gasteiger partial charge in [-0.05, 0) is 76.6 Å². The van der Waals surface area contributed by atoms with Crippen LogP contribution < -0.4 is 14.8 Å². The number of halogens is 2. The normalized spacial score (nSPS) is 11.1. The second-order valence-corrected chi connectivity index (χ2v) is 8.53. The summed E-state index contributed by atoms with van der Waals surface area (Å²) < 4.78 is 18.2. The van der Waals surface area contributed by atoms with Crippen LogP contribution in [0.15, 0.2) is 74.0 Å². The highest BCUT2D eigenvalue weighted by atomic mass is 79.9. The van der Waals surface area contributed by atoms with E-state index in [0.29, 0.717) is 28.4 Å². The van der Waals surface area contributed by atoms with E-state index in [4.69, 9.17) is 13.9 Å². The Kier molecular flexibility index (Phi) is 6.62. The summed E-state index contributed by atoms with van der Waals surface area (Å²) in [5, 5.41) is 2.85. The van der Waals surface area contributed by atoms with Crippen molar-refractivity contribution in [3.8, 4) is 23.0 Å². The number of amides is 1. The molecule has 0 saturated carbocycles. The van der Waals surface area contributed by atoms with Crippen molar-refractivity contribution in [2.24, 2.45) is 0 Å². The number of rotatable bonds is 6. The van der Waals surface area contributed by atoms with E-state index in [0.717, 1.165) is 25.8 Å². The molecule has 0 unspecified atom stereocenters. The van der Waals surface area contributed by atoms with Crippen molar-refractivity contribution in [1.29, 1.82) is 0 Å². The number of hydrogen-bond donors (Lipinski definition) is 1. The van der Waals surface area contributed by atoms with Crippen LogP contribution >= 0.6 is 31.9 Å². The lowest BCUT2D eigenvalue weighted by Gasteiger charge is -2.05. The van der Waals surface area contributed by atoms with Crippen molar-refractivity contribution in [3.63, 3.8) is 0 Å². The molecule has 0 fully saturated rings. The smallest absolute Gasteiger partial charge is 0.248 e. The van der Waals surface area contributed by atoms with Gasteiger partial charge >= 0.3 is 0 Å². The van der Waals surface area contributed by atoms with E-state index in [2.05, 4.69) is 42.2 Å². The van der Waals surface area contributed by atoms with Crippen molar-refractivity contribution >= 4 is 60.6 Å². The van der Waals surface area contributed by atoms with E-state index in [1.807, 2.05) is 36.4 Å². The van der Waals surface area contributed by atoms with Crippen LogP contribution in [0.4, 0.5) is 5.69 Å². The lowest BCUT2D eigenvalue weighted by Crippen LogP contribution is -2.07. The van der Waals surface area contributed by atoms with E-state index in [9.17, 15) is 4.79 Å².